The minimum absolute atomic E-state index is 0.0895. The number of sulfonamides is 1. The average molecular weight is 314 g/mol. The number of para-hydroxylation sites is 1. The normalized spacial score (nSPS) is 11.9. The maximum absolute atomic E-state index is 12.4. The molecule has 0 saturated carbocycles. The molecule has 0 fully saturated rings. The number of aliphatic hydroxyl groups is 1. The smallest absolute Gasteiger partial charge is 0.242 e. The molecule has 0 aliphatic heterocycles. The summed E-state index contributed by atoms with van der Waals surface area (Å²) in [7, 11) is -3.51. The van der Waals surface area contributed by atoms with E-state index in [4.69, 9.17) is 5.11 Å². The van der Waals surface area contributed by atoms with E-state index in [-0.39, 0.29) is 12.6 Å². The molecule has 0 aliphatic carbocycles. The molecule has 5 nitrogen and oxygen atoms in total. The topological polar surface area (TPSA) is 69.6 Å². The van der Waals surface area contributed by atoms with Crippen molar-refractivity contribution in [1.29, 1.82) is 0 Å². The Morgan fingerprint density at radius 2 is 1.95 bits per heavy atom. The third-order valence-corrected chi connectivity index (χ3v) is 4.70. The summed E-state index contributed by atoms with van der Waals surface area (Å²) in [5.74, 6) is 0. The van der Waals surface area contributed by atoms with Gasteiger partial charge in [0.15, 0.2) is 0 Å². The zero-order chi connectivity index (χ0) is 15.9. The molecule has 1 aromatic carbocycles. The molecule has 0 aromatic heterocycles. The van der Waals surface area contributed by atoms with E-state index in [1.54, 1.807) is 12.1 Å². The number of aliphatic hydroxyl groups excluding tert-OH is 1. The Balaban J connectivity index is 3.18. The Hall–Kier alpha value is -1.11. The van der Waals surface area contributed by atoms with E-state index in [1.165, 1.54) is 0 Å². The minimum atomic E-state index is -3.51. The van der Waals surface area contributed by atoms with Crippen LogP contribution < -0.4 is 9.62 Å². The van der Waals surface area contributed by atoms with Gasteiger partial charge in [0.2, 0.25) is 10.0 Å². The van der Waals surface area contributed by atoms with Crippen molar-refractivity contribution in [2.24, 2.45) is 0 Å². The molecule has 0 spiro atoms. The van der Waals surface area contributed by atoms with Crippen LogP contribution in [0.15, 0.2) is 29.2 Å². The summed E-state index contributed by atoms with van der Waals surface area (Å²) in [5.41, 5.74) is 0.685. The second-order valence-corrected chi connectivity index (χ2v) is 6.97. The van der Waals surface area contributed by atoms with Gasteiger partial charge in [-0.1, -0.05) is 19.1 Å². The summed E-state index contributed by atoms with van der Waals surface area (Å²) in [6.45, 7) is 7.09. The van der Waals surface area contributed by atoms with E-state index in [9.17, 15) is 8.42 Å². The maximum atomic E-state index is 12.4. The van der Waals surface area contributed by atoms with E-state index in [1.807, 2.05) is 37.8 Å². The lowest BCUT2D eigenvalue weighted by atomic mass is 10.2. The van der Waals surface area contributed by atoms with Crippen molar-refractivity contribution < 1.29 is 13.5 Å². The van der Waals surface area contributed by atoms with Gasteiger partial charge in [-0.25, -0.2) is 13.1 Å². The Morgan fingerprint density at radius 1 is 1.29 bits per heavy atom. The molecular formula is C15H26N2O3S. The van der Waals surface area contributed by atoms with Crippen molar-refractivity contribution >= 4 is 15.7 Å². The predicted octanol–water partition coefficient (Wildman–Crippen LogP) is 1.97. The Kier molecular flexibility index (Phi) is 7.14. The van der Waals surface area contributed by atoms with Gasteiger partial charge in [0.25, 0.3) is 0 Å². The molecule has 1 rings (SSSR count). The minimum Gasteiger partial charge on any atom is -0.396 e. The quantitative estimate of drug-likeness (QED) is 0.731. The standard InChI is InChI=1S/C15H26N2O3S/c1-4-10-16-21(19,20)15-9-6-5-8-14(15)17(13(2)3)11-7-12-18/h5-6,8-9,13,16,18H,4,7,10-12H2,1-3H3. The zero-order valence-electron chi connectivity index (χ0n) is 13.0. The first kappa shape index (κ1) is 17.9. The molecule has 0 heterocycles. The summed E-state index contributed by atoms with van der Waals surface area (Å²) in [6, 6.07) is 7.16. The fourth-order valence-electron chi connectivity index (χ4n) is 2.13. The van der Waals surface area contributed by atoms with Crippen LogP contribution in [0.3, 0.4) is 0 Å². The van der Waals surface area contributed by atoms with Gasteiger partial charge in [0.05, 0.1) is 5.69 Å². The third-order valence-electron chi connectivity index (χ3n) is 3.19. The van der Waals surface area contributed by atoms with Crippen molar-refractivity contribution in [3.8, 4) is 0 Å². The lowest BCUT2D eigenvalue weighted by molar-refractivity contribution is 0.288. The van der Waals surface area contributed by atoms with E-state index in [0.717, 1.165) is 6.42 Å². The second kappa shape index (κ2) is 8.36. The number of hydrogen-bond donors (Lipinski definition) is 2. The Bertz CT molecular complexity index is 529. The fourth-order valence-corrected chi connectivity index (χ4v) is 3.48. The van der Waals surface area contributed by atoms with Crippen LogP contribution in [0.1, 0.15) is 33.6 Å². The van der Waals surface area contributed by atoms with Gasteiger partial charge in [-0.2, -0.15) is 0 Å². The molecule has 0 unspecified atom stereocenters. The van der Waals surface area contributed by atoms with Crippen LogP contribution in [0, 0.1) is 0 Å². The SMILES string of the molecule is CCCNS(=O)(=O)c1ccccc1N(CCCO)C(C)C. The van der Waals surface area contributed by atoms with Crippen LogP contribution in [0.2, 0.25) is 0 Å². The van der Waals surface area contributed by atoms with Gasteiger partial charge >= 0.3 is 0 Å². The van der Waals surface area contributed by atoms with Gasteiger partial charge in [0.1, 0.15) is 4.90 Å². The Morgan fingerprint density at radius 3 is 2.52 bits per heavy atom. The molecule has 0 saturated heterocycles. The van der Waals surface area contributed by atoms with Crippen molar-refractivity contribution in [2.45, 2.75) is 44.6 Å². The highest BCUT2D eigenvalue weighted by Crippen LogP contribution is 2.26. The predicted molar refractivity (Wildman–Crippen MR) is 86.1 cm³/mol. The molecule has 0 aliphatic rings. The monoisotopic (exact) mass is 314 g/mol. The first-order chi connectivity index (χ1) is 9.94. The molecule has 120 valence electrons. The summed E-state index contributed by atoms with van der Waals surface area (Å²) in [4.78, 5) is 2.31. The summed E-state index contributed by atoms with van der Waals surface area (Å²) >= 11 is 0. The molecule has 0 bridgehead atoms. The first-order valence-corrected chi connectivity index (χ1v) is 8.88. The molecule has 0 radical (unpaired) electrons. The highest BCUT2D eigenvalue weighted by molar-refractivity contribution is 7.89. The van der Waals surface area contributed by atoms with E-state index in [2.05, 4.69) is 4.72 Å². The van der Waals surface area contributed by atoms with Crippen LogP contribution in [0.25, 0.3) is 0 Å². The Labute approximate surface area is 128 Å². The van der Waals surface area contributed by atoms with Crippen molar-refractivity contribution in [2.75, 3.05) is 24.6 Å². The van der Waals surface area contributed by atoms with Crippen LogP contribution >= 0.6 is 0 Å². The van der Waals surface area contributed by atoms with E-state index in [0.29, 0.717) is 30.1 Å². The van der Waals surface area contributed by atoms with Gasteiger partial charge in [-0.3, -0.25) is 0 Å². The molecule has 2 N–H and O–H groups in total. The van der Waals surface area contributed by atoms with Gasteiger partial charge in [-0.15, -0.1) is 0 Å². The number of hydrogen-bond acceptors (Lipinski definition) is 4. The summed E-state index contributed by atoms with van der Waals surface area (Å²) < 4.78 is 27.5. The van der Waals surface area contributed by atoms with Crippen molar-refractivity contribution in [3.05, 3.63) is 24.3 Å². The number of anilines is 1. The van der Waals surface area contributed by atoms with Gasteiger partial charge in [-0.05, 0) is 38.8 Å². The maximum Gasteiger partial charge on any atom is 0.242 e. The highest BCUT2D eigenvalue weighted by Gasteiger charge is 2.22. The van der Waals surface area contributed by atoms with Crippen molar-refractivity contribution in [3.63, 3.8) is 0 Å². The average Bonchev–Trinajstić information content (AvgIpc) is 2.45. The second-order valence-electron chi connectivity index (χ2n) is 5.23. The fraction of sp³-hybridized carbons (Fsp3) is 0.600. The largest absolute Gasteiger partial charge is 0.396 e. The van der Waals surface area contributed by atoms with Gasteiger partial charge < -0.3 is 10.0 Å². The molecule has 0 atom stereocenters. The van der Waals surface area contributed by atoms with Crippen LogP contribution in [-0.2, 0) is 10.0 Å². The van der Waals surface area contributed by atoms with Crippen molar-refractivity contribution in [1.82, 2.24) is 4.72 Å². The molecule has 0 amide bonds. The number of nitrogens with one attached hydrogen (secondary N) is 1. The summed E-state index contributed by atoms with van der Waals surface area (Å²) in [5, 5.41) is 9.03. The number of rotatable bonds is 9. The van der Waals surface area contributed by atoms with Crippen LogP contribution in [0.4, 0.5) is 5.69 Å². The molecule has 21 heavy (non-hydrogen) atoms. The van der Waals surface area contributed by atoms with E-state index < -0.39 is 10.0 Å². The lowest BCUT2D eigenvalue weighted by Crippen LogP contribution is -2.34. The van der Waals surface area contributed by atoms with Crippen LogP contribution in [0.5, 0.6) is 0 Å². The first-order valence-electron chi connectivity index (χ1n) is 7.40. The third kappa shape index (κ3) is 4.98. The number of benzene rings is 1. The molecule has 1 aromatic rings. The molecule has 6 heteroatoms. The summed E-state index contributed by atoms with van der Waals surface area (Å²) in [6.07, 6.45) is 1.36. The number of nitrogens with zero attached hydrogens (tertiary/aromatic N) is 1. The zero-order valence-corrected chi connectivity index (χ0v) is 13.9. The highest BCUT2D eigenvalue weighted by atomic mass is 32.2. The lowest BCUT2D eigenvalue weighted by Gasteiger charge is -2.30. The van der Waals surface area contributed by atoms with E-state index >= 15 is 0 Å². The van der Waals surface area contributed by atoms with Crippen LogP contribution in [-0.4, -0.2) is 39.3 Å². The molecular weight excluding hydrogens is 288 g/mol. The van der Waals surface area contributed by atoms with Gasteiger partial charge in [0, 0.05) is 25.7 Å².